The zero-order valence-electron chi connectivity index (χ0n) is 16.2. The highest BCUT2D eigenvalue weighted by molar-refractivity contribution is 7.90. The van der Waals surface area contributed by atoms with Gasteiger partial charge in [-0.25, -0.2) is 13.2 Å². The van der Waals surface area contributed by atoms with Gasteiger partial charge in [-0.2, -0.15) is 0 Å². The highest BCUT2D eigenvalue weighted by Crippen LogP contribution is 2.22. The zero-order chi connectivity index (χ0) is 21.9. The van der Waals surface area contributed by atoms with Crippen LogP contribution in [0.1, 0.15) is 34.0 Å². The Balaban J connectivity index is 1.60. The Morgan fingerprint density at radius 1 is 1.20 bits per heavy atom. The van der Waals surface area contributed by atoms with Crippen molar-refractivity contribution in [1.29, 1.82) is 0 Å². The molecule has 1 amide bonds. The molecule has 1 aromatic carbocycles. The van der Waals surface area contributed by atoms with Crippen LogP contribution in [-0.2, 0) is 30.9 Å². The van der Waals surface area contributed by atoms with Gasteiger partial charge in [0.2, 0.25) is 11.7 Å². The molecule has 0 bridgehead atoms. The number of ether oxygens (including phenoxy) is 1. The maximum absolute atomic E-state index is 12.2. The highest BCUT2D eigenvalue weighted by Gasteiger charge is 2.31. The number of carbonyl (C=O) groups excluding carboxylic acids is 3. The number of aliphatic imine (C=N–C) groups is 1. The number of sulfonamides is 1. The molecule has 0 aliphatic carbocycles. The van der Waals surface area contributed by atoms with Crippen molar-refractivity contribution in [2.24, 2.45) is 4.99 Å². The molecule has 0 saturated carbocycles. The van der Waals surface area contributed by atoms with Crippen molar-refractivity contribution < 1.29 is 27.5 Å². The summed E-state index contributed by atoms with van der Waals surface area (Å²) in [5.41, 5.74) is 0.374. The van der Waals surface area contributed by atoms with Crippen molar-refractivity contribution >= 4 is 44.9 Å². The average molecular weight is 450 g/mol. The monoisotopic (exact) mass is 449 g/mol. The van der Waals surface area contributed by atoms with Gasteiger partial charge < -0.3 is 10.1 Å². The van der Waals surface area contributed by atoms with Crippen molar-refractivity contribution in [3.63, 3.8) is 0 Å². The predicted molar refractivity (Wildman–Crippen MR) is 110 cm³/mol. The number of amides is 1. The summed E-state index contributed by atoms with van der Waals surface area (Å²) in [6.07, 6.45) is 0. The van der Waals surface area contributed by atoms with Crippen LogP contribution < -0.4 is 10.0 Å². The number of esters is 1. The van der Waals surface area contributed by atoms with Crippen LogP contribution in [0.4, 0.5) is 0 Å². The van der Waals surface area contributed by atoms with Crippen LogP contribution in [-0.4, -0.2) is 44.6 Å². The van der Waals surface area contributed by atoms with E-state index in [1.807, 2.05) is 0 Å². The molecule has 0 fully saturated rings. The average Bonchev–Trinajstić information content (AvgIpc) is 3.27. The Bertz CT molecular complexity index is 1140. The highest BCUT2D eigenvalue weighted by atomic mass is 32.2. The molecule has 11 heteroatoms. The van der Waals surface area contributed by atoms with E-state index in [4.69, 9.17) is 4.74 Å². The SMILES string of the molecule is CC(=O)NCc1ccc(C(=O)COC(=O)C(C)N=C2NS(=O)(=O)c3ccccc32)s1. The first kappa shape index (κ1) is 21.7. The minimum atomic E-state index is -3.71. The summed E-state index contributed by atoms with van der Waals surface area (Å²) >= 11 is 1.20. The van der Waals surface area contributed by atoms with Gasteiger partial charge in [0.25, 0.3) is 10.0 Å². The van der Waals surface area contributed by atoms with E-state index in [-0.39, 0.29) is 22.4 Å². The van der Waals surface area contributed by atoms with Gasteiger partial charge in [-0.05, 0) is 31.2 Å². The summed E-state index contributed by atoms with van der Waals surface area (Å²) in [5, 5.41) is 2.64. The van der Waals surface area contributed by atoms with Crippen molar-refractivity contribution in [3.05, 3.63) is 51.7 Å². The number of rotatable bonds is 7. The van der Waals surface area contributed by atoms with Crippen molar-refractivity contribution in [3.8, 4) is 0 Å². The second-order valence-electron chi connectivity index (χ2n) is 6.46. The number of Topliss-reactive ketones (excluding diaryl/α,β-unsaturated/α-hetero) is 1. The van der Waals surface area contributed by atoms with E-state index in [0.717, 1.165) is 4.88 Å². The third-order valence-corrected chi connectivity index (χ3v) is 6.64. The van der Waals surface area contributed by atoms with Crippen LogP contribution in [0.3, 0.4) is 0 Å². The summed E-state index contributed by atoms with van der Waals surface area (Å²) in [6.45, 7) is 2.71. The first-order valence-corrected chi connectivity index (χ1v) is 11.2. The second kappa shape index (κ2) is 8.76. The molecule has 1 unspecified atom stereocenters. The Hall–Kier alpha value is -3.05. The summed E-state index contributed by atoms with van der Waals surface area (Å²) < 4.78 is 31.6. The molecule has 2 N–H and O–H groups in total. The standard InChI is InChI=1S/C19H19N3O6S2/c1-11(21-18-14-5-3-4-6-17(14)30(26,27)22-18)19(25)28-10-15(24)16-8-7-13(29-16)9-20-12(2)23/h3-8,11H,9-10H2,1-2H3,(H,20,23)(H,21,22). The Labute approximate surface area is 177 Å². The maximum atomic E-state index is 12.2. The summed E-state index contributed by atoms with van der Waals surface area (Å²) in [6, 6.07) is 8.60. The van der Waals surface area contributed by atoms with Crippen LogP contribution >= 0.6 is 11.3 Å². The normalized spacial score (nSPS) is 16.4. The number of ketones is 1. The number of amidine groups is 1. The predicted octanol–water partition coefficient (Wildman–Crippen LogP) is 1.24. The van der Waals surface area contributed by atoms with E-state index in [1.54, 1.807) is 30.3 Å². The van der Waals surface area contributed by atoms with Crippen molar-refractivity contribution in [2.45, 2.75) is 31.3 Å². The van der Waals surface area contributed by atoms with E-state index in [2.05, 4.69) is 15.0 Å². The number of nitrogens with zero attached hydrogens (tertiary/aromatic N) is 1. The molecule has 1 aliphatic heterocycles. The fourth-order valence-electron chi connectivity index (χ4n) is 2.64. The molecule has 158 valence electrons. The lowest BCUT2D eigenvalue weighted by molar-refractivity contribution is -0.143. The first-order chi connectivity index (χ1) is 14.2. The third kappa shape index (κ3) is 4.92. The molecule has 1 aliphatic rings. The van der Waals surface area contributed by atoms with Crippen LogP contribution in [0.5, 0.6) is 0 Å². The van der Waals surface area contributed by atoms with Gasteiger partial charge in [-0.3, -0.25) is 19.3 Å². The first-order valence-electron chi connectivity index (χ1n) is 8.90. The van der Waals surface area contributed by atoms with E-state index in [1.165, 1.54) is 31.3 Å². The van der Waals surface area contributed by atoms with Gasteiger partial charge in [0.15, 0.2) is 6.61 Å². The summed E-state index contributed by atoms with van der Waals surface area (Å²) in [7, 11) is -3.71. The van der Waals surface area contributed by atoms with Gasteiger partial charge in [-0.1, -0.05) is 12.1 Å². The second-order valence-corrected chi connectivity index (χ2v) is 9.28. The molecule has 0 spiro atoms. The molecule has 2 heterocycles. The molecule has 30 heavy (non-hydrogen) atoms. The molecular weight excluding hydrogens is 430 g/mol. The topological polar surface area (TPSA) is 131 Å². The number of carbonyl (C=O) groups is 3. The molecule has 3 rings (SSSR count). The number of fused-ring (bicyclic) bond motifs is 1. The Kier molecular flexibility index (Phi) is 6.32. The number of benzene rings is 1. The van der Waals surface area contributed by atoms with Crippen LogP contribution in [0.2, 0.25) is 0 Å². The zero-order valence-corrected chi connectivity index (χ0v) is 17.8. The quantitative estimate of drug-likeness (QED) is 0.483. The molecule has 1 aromatic heterocycles. The van der Waals surface area contributed by atoms with Gasteiger partial charge in [0.1, 0.15) is 11.9 Å². The van der Waals surface area contributed by atoms with E-state index in [9.17, 15) is 22.8 Å². The summed E-state index contributed by atoms with van der Waals surface area (Å²) in [5.74, 6) is -1.25. The largest absolute Gasteiger partial charge is 0.456 e. The number of hydrogen-bond acceptors (Lipinski definition) is 8. The van der Waals surface area contributed by atoms with Crippen LogP contribution in [0.15, 0.2) is 46.3 Å². The number of thiophene rings is 1. The van der Waals surface area contributed by atoms with E-state index >= 15 is 0 Å². The summed E-state index contributed by atoms with van der Waals surface area (Å²) in [4.78, 5) is 40.8. The molecule has 0 radical (unpaired) electrons. The van der Waals surface area contributed by atoms with Gasteiger partial charge >= 0.3 is 5.97 Å². The van der Waals surface area contributed by atoms with E-state index in [0.29, 0.717) is 17.0 Å². The van der Waals surface area contributed by atoms with Gasteiger partial charge in [0, 0.05) is 17.4 Å². The Morgan fingerprint density at radius 2 is 1.93 bits per heavy atom. The fourth-order valence-corrected chi connectivity index (χ4v) is 4.75. The fraction of sp³-hybridized carbons (Fsp3) is 0.263. The maximum Gasteiger partial charge on any atom is 0.331 e. The Morgan fingerprint density at radius 3 is 2.67 bits per heavy atom. The van der Waals surface area contributed by atoms with Gasteiger partial charge in [-0.15, -0.1) is 11.3 Å². The molecule has 9 nitrogen and oxygen atoms in total. The molecular formula is C19H19N3O6S2. The molecule has 0 saturated heterocycles. The van der Waals surface area contributed by atoms with Crippen molar-refractivity contribution in [2.75, 3.05) is 6.61 Å². The van der Waals surface area contributed by atoms with Gasteiger partial charge in [0.05, 0.1) is 16.3 Å². The van der Waals surface area contributed by atoms with Crippen LogP contribution in [0.25, 0.3) is 0 Å². The van der Waals surface area contributed by atoms with Crippen molar-refractivity contribution in [1.82, 2.24) is 10.0 Å². The lowest BCUT2D eigenvalue weighted by Crippen LogP contribution is -2.27. The lowest BCUT2D eigenvalue weighted by atomic mass is 10.2. The van der Waals surface area contributed by atoms with E-state index < -0.39 is 28.6 Å². The number of nitrogens with one attached hydrogen (secondary N) is 2. The van der Waals surface area contributed by atoms with Crippen LogP contribution in [0, 0.1) is 0 Å². The molecule has 2 aromatic rings. The smallest absolute Gasteiger partial charge is 0.331 e. The third-order valence-electron chi connectivity index (χ3n) is 4.12. The molecule has 1 atom stereocenters. The lowest BCUT2D eigenvalue weighted by Gasteiger charge is -2.08. The minimum absolute atomic E-state index is 0.0576. The minimum Gasteiger partial charge on any atom is -0.456 e. The number of hydrogen-bond donors (Lipinski definition) is 2.